The quantitative estimate of drug-likeness (QED) is 0.319. The van der Waals surface area contributed by atoms with Crippen molar-refractivity contribution in [1.29, 1.82) is 0 Å². The second-order valence-electron chi connectivity index (χ2n) is 11.0. The SMILES string of the molecule is Cc1ccc(Cn2cc3c(n2)-c2c(oc(C(=O)NCCCN4CCN(c5ccc(F)cc5)CC4)c2C)CC3)cc1. The van der Waals surface area contributed by atoms with Gasteiger partial charge in [0, 0.05) is 62.2 Å². The molecule has 8 heteroatoms. The molecule has 1 N–H and O–H groups in total. The lowest BCUT2D eigenvalue weighted by atomic mass is 9.93. The first-order valence-corrected chi connectivity index (χ1v) is 14.2. The Balaban J connectivity index is 1.02. The molecule has 0 saturated carbocycles. The maximum atomic E-state index is 13.2. The molecule has 1 fully saturated rings. The average Bonchev–Trinajstić information content (AvgIpc) is 3.53. The van der Waals surface area contributed by atoms with Gasteiger partial charge in [-0.25, -0.2) is 4.39 Å². The smallest absolute Gasteiger partial charge is 0.287 e. The summed E-state index contributed by atoms with van der Waals surface area (Å²) in [7, 11) is 0. The normalized spacial score (nSPS) is 15.1. The van der Waals surface area contributed by atoms with E-state index in [0.717, 1.165) is 80.3 Å². The van der Waals surface area contributed by atoms with Crippen LogP contribution in [0.1, 0.15) is 45.0 Å². The van der Waals surface area contributed by atoms with Crippen LogP contribution in [0.3, 0.4) is 0 Å². The van der Waals surface area contributed by atoms with Gasteiger partial charge in [-0.05, 0) is 68.6 Å². The van der Waals surface area contributed by atoms with Crippen molar-refractivity contribution in [2.24, 2.45) is 0 Å². The number of halogens is 1. The number of anilines is 1. The first-order valence-electron chi connectivity index (χ1n) is 14.2. The number of hydrogen-bond donors (Lipinski definition) is 1. The Morgan fingerprint density at radius 3 is 2.50 bits per heavy atom. The van der Waals surface area contributed by atoms with Crippen LogP contribution < -0.4 is 10.2 Å². The monoisotopic (exact) mass is 541 g/mol. The van der Waals surface area contributed by atoms with Crippen LogP contribution in [0.4, 0.5) is 10.1 Å². The molecule has 4 aromatic rings. The second kappa shape index (κ2) is 11.3. The van der Waals surface area contributed by atoms with E-state index in [1.165, 1.54) is 28.8 Å². The Morgan fingerprint density at radius 1 is 1.00 bits per heavy atom. The molecule has 2 aromatic carbocycles. The number of aryl methyl sites for hydroxylation is 3. The van der Waals surface area contributed by atoms with Gasteiger partial charge in [-0.3, -0.25) is 14.4 Å². The molecular formula is C32H36FN5O2. The predicted molar refractivity (Wildman–Crippen MR) is 154 cm³/mol. The van der Waals surface area contributed by atoms with Crippen LogP contribution in [-0.4, -0.2) is 59.9 Å². The van der Waals surface area contributed by atoms with Gasteiger partial charge in [0.1, 0.15) is 11.6 Å². The van der Waals surface area contributed by atoms with E-state index >= 15 is 0 Å². The summed E-state index contributed by atoms with van der Waals surface area (Å²) in [6.45, 7) is 10.0. The van der Waals surface area contributed by atoms with E-state index in [9.17, 15) is 9.18 Å². The molecule has 208 valence electrons. The number of nitrogens with one attached hydrogen (secondary N) is 1. The number of fused-ring (bicyclic) bond motifs is 3. The lowest BCUT2D eigenvalue weighted by Gasteiger charge is -2.36. The number of rotatable bonds is 8. The third kappa shape index (κ3) is 5.54. The van der Waals surface area contributed by atoms with Crippen LogP contribution in [0.15, 0.2) is 59.1 Å². The Kier molecular flexibility index (Phi) is 7.43. The van der Waals surface area contributed by atoms with E-state index in [0.29, 0.717) is 18.8 Å². The fraction of sp³-hybridized carbons (Fsp3) is 0.375. The van der Waals surface area contributed by atoms with Crippen LogP contribution in [0.25, 0.3) is 11.3 Å². The number of benzene rings is 2. The first kappa shape index (κ1) is 26.3. The number of aromatic nitrogens is 2. The highest BCUT2D eigenvalue weighted by Crippen LogP contribution is 2.38. The number of amides is 1. The van der Waals surface area contributed by atoms with Gasteiger partial charge in [0.05, 0.1) is 12.2 Å². The van der Waals surface area contributed by atoms with Crippen LogP contribution in [0, 0.1) is 19.7 Å². The predicted octanol–water partition coefficient (Wildman–Crippen LogP) is 4.99. The maximum Gasteiger partial charge on any atom is 0.287 e. The lowest BCUT2D eigenvalue weighted by molar-refractivity contribution is 0.0921. The van der Waals surface area contributed by atoms with Gasteiger partial charge in [0.15, 0.2) is 5.76 Å². The summed E-state index contributed by atoms with van der Waals surface area (Å²) in [6, 6.07) is 15.2. The minimum atomic E-state index is -0.205. The molecule has 1 amide bonds. The Morgan fingerprint density at radius 2 is 1.75 bits per heavy atom. The Bertz CT molecular complexity index is 1480. The summed E-state index contributed by atoms with van der Waals surface area (Å²) >= 11 is 0. The zero-order valence-corrected chi connectivity index (χ0v) is 23.3. The van der Waals surface area contributed by atoms with Crippen LogP contribution in [0.2, 0.25) is 0 Å². The molecule has 3 heterocycles. The summed E-state index contributed by atoms with van der Waals surface area (Å²) in [6.07, 6.45) is 4.63. The topological polar surface area (TPSA) is 66.5 Å². The third-order valence-electron chi connectivity index (χ3n) is 8.09. The van der Waals surface area contributed by atoms with Crippen LogP contribution in [-0.2, 0) is 19.4 Å². The van der Waals surface area contributed by atoms with E-state index in [1.54, 1.807) is 0 Å². The molecule has 2 aliphatic rings. The summed E-state index contributed by atoms with van der Waals surface area (Å²) < 4.78 is 21.3. The largest absolute Gasteiger partial charge is 0.455 e. The summed E-state index contributed by atoms with van der Waals surface area (Å²) in [5, 5.41) is 7.96. The standard InChI is InChI=1S/C32H36FN5O2/c1-22-4-6-24(7-5-22)20-38-21-25-8-13-28-29(30(25)35-38)23(2)31(40-28)32(39)34-14-3-15-36-16-18-37(19-17-36)27-11-9-26(33)10-12-27/h4-7,9-12,21H,3,8,13-20H2,1-2H3,(H,34,39). The highest BCUT2D eigenvalue weighted by atomic mass is 19.1. The number of nitrogens with zero attached hydrogens (tertiary/aromatic N) is 4. The Labute approximate surface area is 234 Å². The van der Waals surface area contributed by atoms with Crippen LogP contribution in [0.5, 0.6) is 0 Å². The minimum Gasteiger partial charge on any atom is -0.455 e. The molecule has 2 aromatic heterocycles. The lowest BCUT2D eigenvalue weighted by Crippen LogP contribution is -2.47. The molecule has 7 nitrogen and oxygen atoms in total. The fourth-order valence-corrected chi connectivity index (χ4v) is 5.81. The molecule has 6 rings (SSSR count). The first-order chi connectivity index (χ1) is 19.4. The summed E-state index contributed by atoms with van der Waals surface area (Å²) in [5.41, 5.74) is 7.51. The number of carbonyl (C=O) groups is 1. The van der Waals surface area contributed by atoms with Gasteiger partial charge in [0.2, 0.25) is 0 Å². The summed E-state index contributed by atoms with van der Waals surface area (Å²) in [4.78, 5) is 17.8. The van der Waals surface area contributed by atoms with Gasteiger partial charge in [0.25, 0.3) is 5.91 Å². The number of carbonyl (C=O) groups excluding carboxylic acids is 1. The van der Waals surface area contributed by atoms with Crippen molar-refractivity contribution < 1.29 is 13.6 Å². The maximum absolute atomic E-state index is 13.2. The van der Waals surface area contributed by atoms with E-state index in [4.69, 9.17) is 9.52 Å². The molecule has 0 bridgehead atoms. The highest BCUT2D eigenvalue weighted by molar-refractivity contribution is 5.95. The van der Waals surface area contributed by atoms with Gasteiger partial charge >= 0.3 is 0 Å². The van der Waals surface area contributed by atoms with Crippen molar-refractivity contribution in [3.8, 4) is 11.3 Å². The zero-order chi connectivity index (χ0) is 27.6. The van der Waals surface area contributed by atoms with E-state index in [1.807, 2.05) is 23.7 Å². The van der Waals surface area contributed by atoms with E-state index < -0.39 is 0 Å². The molecule has 0 unspecified atom stereocenters. The molecular weight excluding hydrogens is 505 g/mol. The number of furan rings is 1. The molecule has 1 aliphatic carbocycles. The van der Waals surface area contributed by atoms with Crippen molar-refractivity contribution in [2.75, 3.05) is 44.2 Å². The molecule has 0 spiro atoms. The third-order valence-corrected chi connectivity index (χ3v) is 8.09. The fourth-order valence-electron chi connectivity index (χ4n) is 5.81. The molecule has 1 saturated heterocycles. The van der Waals surface area contributed by atoms with Crippen molar-refractivity contribution >= 4 is 11.6 Å². The van der Waals surface area contributed by atoms with Crippen molar-refractivity contribution in [3.05, 3.63) is 94.3 Å². The van der Waals surface area contributed by atoms with Gasteiger partial charge in [-0.1, -0.05) is 29.8 Å². The zero-order valence-electron chi connectivity index (χ0n) is 23.3. The molecule has 40 heavy (non-hydrogen) atoms. The highest BCUT2D eigenvalue weighted by Gasteiger charge is 2.29. The van der Waals surface area contributed by atoms with E-state index in [-0.39, 0.29) is 11.7 Å². The van der Waals surface area contributed by atoms with Gasteiger partial charge in [-0.2, -0.15) is 5.10 Å². The van der Waals surface area contributed by atoms with E-state index in [2.05, 4.69) is 52.5 Å². The van der Waals surface area contributed by atoms with Crippen molar-refractivity contribution in [1.82, 2.24) is 20.0 Å². The van der Waals surface area contributed by atoms with Gasteiger partial charge < -0.3 is 14.6 Å². The molecule has 1 aliphatic heterocycles. The molecule has 0 radical (unpaired) electrons. The Hall–Kier alpha value is -3.91. The van der Waals surface area contributed by atoms with Crippen molar-refractivity contribution in [2.45, 2.75) is 39.7 Å². The molecule has 0 atom stereocenters. The number of hydrogen-bond acceptors (Lipinski definition) is 5. The average molecular weight is 542 g/mol. The number of piperazine rings is 1. The van der Waals surface area contributed by atoms with Crippen LogP contribution >= 0.6 is 0 Å². The summed E-state index contributed by atoms with van der Waals surface area (Å²) in [5.74, 6) is 0.894. The van der Waals surface area contributed by atoms with Crippen molar-refractivity contribution in [3.63, 3.8) is 0 Å². The van der Waals surface area contributed by atoms with Gasteiger partial charge in [-0.15, -0.1) is 0 Å². The minimum absolute atomic E-state index is 0.159. The second-order valence-corrected chi connectivity index (χ2v) is 11.0.